The second-order valence-electron chi connectivity index (χ2n) is 5.73. The van der Waals surface area contributed by atoms with Crippen LogP contribution in [-0.2, 0) is 0 Å². The molecule has 0 aromatic heterocycles. The summed E-state index contributed by atoms with van der Waals surface area (Å²) in [4.78, 5) is 0. The zero-order valence-electron chi connectivity index (χ0n) is 11.9. The van der Waals surface area contributed by atoms with Gasteiger partial charge in [-0.15, -0.1) is 0 Å². The van der Waals surface area contributed by atoms with Crippen LogP contribution < -0.4 is 5.32 Å². The van der Waals surface area contributed by atoms with Gasteiger partial charge in [-0.3, -0.25) is 0 Å². The number of nitrogens with one attached hydrogen (secondary N) is 1. The van der Waals surface area contributed by atoms with Crippen LogP contribution in [-0.4, -0.2) is 6.54 Å². The van der Waals surface area contributed by atoms with E-state index in [1.807, 2.05) is 6.92 Å². The molecule has 0 spiro atoms. The van der Waals surface area contributed by atoms with Crippen LogP contribution in [0.2, 0.25) is 10.0 Å². The average molecular weight is 318 g/mol. The molecule has 1 fully saturated rings. The zero-order valence-corrected chi connectivity index (χ0v) is 13.4. The van der Waals surface area contributed by atoms with E-state index >= 15 is 0 Å². The Hall–Kier alpha value is -0.310. The van der Waals surface area contributed by atoms with Gasteiger partial charge in [0.1, 0.15) is 5.82 Å². The first-order valence-corrected chi connectivity index (χ1v) is 8.22. The normalized spacial score (nSPS) is 18.2. The van der Waals surface area contributed by atoms with E-state index in [9.17, 15) is 4.39 Å². The van der Waals surface area contributed by atoms with E-state index in [0.29, 0.717) is 10.6 Å². The molecule has 1 aromatic rings. The van der Waals surface area contributed by atoms with Crippen LogP contribution >= 0.6 is 23.2 Å². The lowest BCUT2D eigenvalue weighted by molar-refractivity contribution is 0.329. The highest BCUT2D eigenvalue weighted by Gasteiger charge is 2.18. The minimum atomic E-state index is -0.410. The Labute approximate surface area is 130 Å². The molecule has 0 heterocycles. The minimum absolute atomic E-state index is 0.0331. The molecule has 1 unspecified atom stereocenters. The summed E-state index contributed by atoms with van der Waals surface area (Å²) in [5, 5.41) is 4.08. The van der Waals surface area contributed by atoms with Crippen LogP contribution in [0.1, 0.15) is 57.1 Å². The molecule has 0 radical (unpaired) electrons. The predicted molar refractivity (Wildman–Crippen MR) is 84.0 cm³/mol. The van der Waals surface area contributed by atoms with Gasteiger partial charge in [-0.1, -0.05) is 55.3 Å². The monoisotopic (exact) mass is 317 g/mol. The van der Waals surface area contributed by atoms with Crippen molar-refractivity contribution in [2.75, 3.05) is 6.54 Å². The summed E-state index contributed by atoms with van der Waals surface area (Å²) in [5.74, 6) is 0.425. The van der Waals surface area contributed by atoms with E-state index in [0.717, 1.165) is 12.5 Å². The van der Waals surface area contributed by atoms with E-state index in [2.05, 4.69) is 5.32 Å². The van der Waals surface area contributed by atoms with E-state index in [1.54, 1.807) is 6.07 Å². The molecular weight excluding hydrogens is 296 g/mol. The van der Waals surface area contributed by atoms with Gasteiger partial charge in [0.25, 0.3) is 0 Å². The lowest BCUT2D eigenvalue weighted by Crippen LogP contribution is -2.23. The molecule has 0 aliphatic heterocycles. The topological polar surface area (TPSA) is 12.0 Å². The Morgan fingerprint density at radius 1 is 1.25 bits per heavy atom. The highest BCUT2D eigenvalue weighted by molar-refractivity contribution is 6.36. The third kappa shape index (κ3) is 4.09. The maximum absolute atomic E-state index is 13.5. The van der Waals surface area contributed by atoms with Gasteiger partial charge in [0.15, 0.2) is 0 Å². The lowest BCUT2D eigenvalue weighted by Gasteiger charge is -2.23. The summed E-state index contributed by atoms with van der Waals surface area (Å²) >= 11 is 12.2. The fraction of sp³-hybridized carbons (Fsp3) is 0.625. The molecule has 20 heavy (non-hydrogen) atoms. The highest BCUT2D eigenvalue weighted by atomic mass is 35.5. The average Bonchev–Trinajstić information content (AvgIpc) is 2.44. The molecule has 4 heteroatoms. The Bertz CT molecular complexity index is 444. The van der Waals surface area contributed by atoms with Crippen molar-refractivity contribution in [2.45, 2.75) is 51.5 Å². The second kappa shape index (κ2) is 7.63. The molecular formula is C16H22Cl2FN. The van der Waals surface area contributed by atoms with Gasteiger partial charge in [0.2, 0.25) is 0 Å². The van der Waals surface area contributed by atoms with Crippen molar-refractivity contribution in [3.05, 3.63) is 33.6 Å². The van der Waals surface area contributed by atoms with Crippen LogP contribution in [0.4, 0.5) is 4.39 Å². The summed E-state index contributed by atoms with van der Waals surface area (Å²) in [5.41, 5.74) is 0.664. The van der Waals surface area contributed by atoms with Crippen LogP contribution in [0.5, 0.6) is 0 Å². The third-order valence-corrected chi connectivity index (χ3v) is 4.95. The number of halogens is 3. The molecule has 0 amide bonds. The van der Waals surface area contributed by atoms with Crippen LogP contribution in [0, 0.1) is 11.7 Å². The number of hydrogen-bond donors (Lipinski definition) is 1. The largest absolute Gasteiger partial charge is 0.310 e. The van der Waals surface area contributed by atoms with Crippen molar-refractivity contribution < 1.29 is 4.39 Å². The summed E-state index contributed by atoms with van der Waals surface area (Å²) in [6.45, 7) is 2.91. The van der Waals surface area contributed by atoms with Gasteiger partial charge in [0, 0.05) is 16.6 Å². The molecule has 1 aromatic carbocycles. The van der Waals surface area contributed by atoms with Gasteiger partial charge < -0.3 is 5.32 Å². The first-order valence-electron chi connectivity index (χ1n) is 7.46. The molecule has 1 atom stereocenters. The number of rotatable bonds is 5. The van der Waals surface area contributed by atoms with E-state index < -0.39 is 5.82 Å². The molecule has 1 aliphatic rings. The maximum Gasteiger partial charge on any atom is 0.142 e. The van der Waals surface area contributed by atoms with Crippen molar-refractivity contribution in [2.24, 2.45) is 5.92 Å². The molecule has 1 N–H and O–H groups in total. The maximum atomic E-state index is 13.5. The van der Waals surface area contributed by atoms with Crippen molar-refractivity contribution in [1.82, 2.24) is 5.32 Å². The second-order valence-corrected chi connectivity index (χ2v) is 6.51. The molecule has 2 rings (SSSR count). The predicted octanol–water partition coefficient (Wildman–Crippen LogP) is 5.75. The molecule has 1 nitrogen and oxygen atoms in total. The van der Waals surface area contributed by atoms with Crippen molar-refractivity contribution in [1.29, 1.82) is 0 Å². The third-order valence-electron chi connectivity index (χ3n) is 4.24. The lowest BCUT2D eigenvalue weighted by atomic mass is 9.87. The van der Waals surface area contributed by atoms with Crippen LogP contribution in [0.15, 0.2) is 12.1 Å². The molecule has 0 saturated heterocycles. The fourth-order valence-corrected chi connectivity index (χ4v) is 3.72. The molecule has 112 valence electrons. The zero-order chi connectivity index (χ0) is 14.5. The summed E-state index contributed by atoms with van der Waals surface area (Å²) in [7, 11) is 0. The smallest absolute Gasteiger partial charge is 0.142 e. The fourth-order valence-electron chi connectivity index (χ4n) is 3.02. The van der Waals surface area contributed by atoms with Gasteiger partial charge in [-0.25, -0.2) is 4.39 Å². The Balaban J connectivity index is 1.88. The van der Waals surface area contributed by atoms with Crippen molar-refractivity contribution in [3.8, 4) is 0 Å². The van der Waals surface area contributed by atoms with Crippen LogP contribution in [0.3, 0.4) is 0 Å². The van der Waals surface area contributed by atoms with Gasteiger partial charge >= 0.3 is 0 Å². The molecule has 1 aliphatic carbocycles. The van der Waals surface area contributed by atoms with E-state index in [1.165, 1.54) is 44.6 Å². The minimum Gasteiger partial charge on any atom is -0.310 e. The van der Waals surface area contributed by atoms with Crippen molar-refractivity contribution >= 4 is 23.2 Å². The van der Waals surface area contributed by atoms with Crippen molar-refractivity contribution in [3.63, 3.8) is 0 Å². The SMILES string of the molecule is CC(NCCC1CCCCC1)c1c(Cl)ccc(F)c1Cl. The first kappa shape index (κ1) is 16.1. The van der Waals surface area contributed by atoms with Crippen LogP contribution in [0.25, 0.3) is 0 Å². The Morgan fingerprint density at radius 3 is 2.65 bits per heavy atom. The summed E-state index contributed by atoms with van der Waals surface area (Å²) in [6.07, 6.45) is 7.97. The van der Waals surface area contributed by atoms with Gasteiger partial charge in [0.05, 0.1) is 5.02 Å². The Morgan fingerprint density at radius 2 is 1.95 bits per heavy atom. The van der Waals surface area contributed by atoms with E-state index in [4.69, 9.17) is 23.2 Å². The standard InChI is InChI=1S/C16H22Cl2FN/c1-11(15-13(17)7-8-14(19)16(15)18)20-10-9-12-5-3-2-4-6-12/h7-8,11-12,20H,2-6,9-10H2,1H3. The molecule has 0 bridgehead atoms. The first-order chi connectivity index (χ1) is 9.59. The summed E-state index contributed by atoms with van der Waals surface area (Å²) in [6, 6.07) is 2.84. The van der Waals surface area contributed by atoms with E-state index in [-0.39, 0.29) is 11.1 Å². The van der Waals surface area contributed by atoms with Gasteiger partial charge in [-0.05, 0) is 37.9 Å². The quantitative estimate of drug-likeness (QED) is 0.681. The Kier molecular flexibility index (Phi) is 6.13. The number of hydrogen-bond acceptors (Lipinski definition) is 1. The van der Waals surface area contributed by atoms with Gasteiger partial charge in [-0.2, -0.15) is 0 Å². The summed E-state index contributed by atoms with van der Waals surface area (Å²) < 4.78 is 13.5. The molecule has 1 saturated carbocycles. The highest BCUT2D eigenvalue weighted by Crippen LogP contribution is 2.32. The number of benzene rings is 1.